The summed E-state index contributed by atoms with van der Waals surface area (Å²) in [7, 11) is 1.28. The van der Waals surface area contributed by atoms with E-state index < -0.39 is 18.4 Å². The molecule has 19 heavy (non-hydrogen) atoms. The molecule has 0 radical (unpaired) electrons. The summed E-state index contributed by atoms with van der Waals surface area (Å²) >= 11 is 1.14. The highest BCUT2D eigenvalue weighted by Gasteiger charge is 2.41. The van der Waals surface area contributed by atoms with Gasteiger partial charge in [0.1, 0.15) is 4.88 Å². The van der Waals surface area contributed by atoms with Crippen LogP contribution in [0.3, 0.4) is 0 Å². The molecular weight excluding hydrogens is 274 g/mol. The van der Waals surface area contributed by atoms with Crippen LogP contribution in [-0.2, 0) is 11.2 Å². The van der Waals surface area contributed by atoms with Crippen LogP contribution >= 0.6 is 11.3 Å². The van der Waals surface area contributed by atoms with Gasteiger partial charge in [0.2, 0.25) is 0 Å². The lowest BCUT2D eigenvalue weighted by Crippen LogP contribution is -2.47. The average molecular weight is 290 g/mol. The van der Waals surface area contributed by atoms with Gasteiger partial charge in [-0.2, -0.15) is 0 Å². The third kappa shape index (κ3) is 2.87. The second-order valence-corrected chi connectivity index (χ2v) is 5.70. The second kappa shape index (κ2) is 5.05. The summed E-state index contributed by atoms with van der Waals surface area (Å²) in [5, 5.41) is 1.60. The summed E-state index contributed by atoms with van der Waals surface area (Å²) in [5.74, 6) is -3.29. The van der Waals surface area contributed by atoms with Crippen molar-refractivity contribution in [3.05, 3.63) is 15.8 Å². The first-order valence-corrected chi connectivity index (χ1v) is 6.79. The number of hydrogen-bond donors (Lipinski definition) is 1. The predicted molar refractivity (Wildman–Crippen MR) is 70.2 cm³/mol. The van der Waals surface area contributed by atoms with E-state index in [4.69, 9.17) is 10.5 Å². The minimum Gasteiger partial charge on any atom is -0.465 e. The SMILES string of the molecule is COC(=O)c1scc2c1N(C[C@H](C)N)CC(F)(F)C2. The first-order valence-electron chi connectivity index (χ1n) is 5.91. The van der Waals surface area contributed by atoms with Crippen molar-refractivity contribution in [2.24, 2.45) is 5.73 Å². The molecule has 7 heteroatoms. The van der Waals surface area contributed by atoms with E-state index in [2.05, 4.69) is 0 Å². The number of nitrogens with zero attached hydrogens (tertiary/aromatic N) is 1. The second-order valence-electron chi connectivity index (χ2n) is 4.82. The van der Waals surface area contributed by atoms with Crippen LogP contribution in [0.1, 0.15) is 22.2 Å². The van der Waals surface area contributed by atoms with Crippen molar-refractivity contribution in [2.45, 2.75) is 25.3 Å². The fourth-order valence-electron chi connectivity index (χ4n) is 2.29. The normalized spacial score (nSPS) is 18.9. The minimum atomic E-state index is -2.80. The topological polar surface area (TPSA) is 55.6 Å². The molecule has 0 unspecified atom stereocenters. The summed E-state index contributed by atoms with van der Waals surface area (Å²) in [4.78, 5) is 13.5. The third-order valence-corrected chi connectivity index (χ3v) is 3.90. The van der Waals surface area contributed by atoms with Crippen LogP contribution in [0, 0.1) is 0 Å². The van der Waals surface area contributed by atoms with Crippen LogP contribution < -0.4 is 10.6 Å². The van der Waals surface area contributed by atoms with E-state index in [0.717, 1.165) is 11.3 Å². The van der Waals surface area contributed by atoms with Crippen molar-refractivity contribution in [1.82, 2.24) is 0 Å². The molecule has 1 aliphatic heterocycles. The van der Waals surface area contributed by atoms with Gasteiger partial charge in [-0.15, -0.1) is 11.3 Å². The number of esters is 1. The monoisotopic (exact) mass is 290 g/mol. The van der Waals surface area contributed by atoms with Crippen molar-refractivity contribution in [2.75, 3.05) is 25.1 Å². The first-order chi connectivity index (χ1) is 8.84. The molecule has 0 spiro atoms. The smallest absolute Gasteiger partial charge is 0.350 e. The van der Waals surface area contributed by atoms with Gasteiger partial charge in [0.15, 0.2) is 0 Å². The number of alkyl halides is 2. The number of carbonyl (C=O) groups is 1. The summed E-state index contributed by atoms with van der Waals surface area (Å²) in [6.45, 7) is 1.61. The molecule has 1 atom stereocenters. The van der Waals surface area contributed by atoms with Gasteiger partial charge < -0.3 is 15.4 Å². The number of ether oxygens (including phenoxy) is 1. The fraction of sp³-hybridized carbons (Fsp3) is 0.583. The van der Waals surface area contributed by atoms with Gasteiger partial charge in [-0.25, -0.2) is 13.6 Å². The van der Waals surface area contributed by atoms with Gasteiger partial charge in [0.25, 0.3) is 5.92 Å². The maximum absolute atomic E-state index is 13.7. The number of methoxy groups -OCH3 is 1. The number of anilines is 1. The van der Waals surface area contributed by atoms with Gasteiger partial charge >= 0.3 is 5.97 Å². The zero-order chi connectivity index (χ0) is 14.2. The van der Waals surface area contributed by atoms with E-state index in [1.54, 1.807) is 12.3 Å². The van der Waals surface area contributed by atoms with Crippen LogP contribution in [0.15, 0.2) is 5.38 Å². The molecule has 0 aliphatic carbocycles. The molecule has 4 nitrogen and oxygen atoms in total. The quantitative estimate of drug-likeness (QED) is 0.864. The summed E-state index contributed by atoms with van der Waals surface area (Å²) < 4.78 is 32.1. The highest BCUT2D eigenvalue weighted by Crippen LogP contribution is 2.40. The van der Waals surface area contributed by atoms with E-state index in [9.17, 15) is 13.6 Å². The van der Waals surface area contributed by atoms with Crippen molar-refractivity contribution in [3.63, 3.8) is 0 Å². The molecule has 1 aromatic heterocycles. The van der Waals surface area contributed by atoms with Gasteiger partial charge in [-0.1, -0.05) is 0 Å². The van der Waals surface area contributed by atoms with Gasteiger partial charge in [-0.05, 0) is 17.9 Å². The zero-order valence-electron chi connectivity index (χ0n) is 10.8. The highest BCUT2D eigenvalue weighted by atomic mass is 32.1. The van der Waals surface area contributed by atoms with E-state index in [1.165, 1.54) is 12.0 Å². The number of rotatable bonds is 3. The van der Waals surface area contributed by atoms with Gasteiger partial charge in [-0.3, -0.25) is 0 Å². The van der Waals surface area contributed by atoms with Crippen molar-refractivity contribution >= 4 is 23.0 Å². The highest BCUT2D eigenvalue weighted by molar-refractivity contribution is 7.12. The lowest BCUT2D eigenvalue weighted by Gasteiger charge is -2.35. The summed E-state index contributed by atoms with van der Waals surface area (Å²) in [6.07, 6.45) is -0.342. The van der Waals surface area contributed by atoms with Crippen LogP contribution in [0.4, 0.5) is 14.5 Å². The van der Waals surface area contributed by atoms with Crippen molar-refractivity contribution in [3.8, 4) is 0 Å². The Bertz CT molecular complexity index is 488. The number of fused-ring (bicyclic) bond motifs is 1. The van der Waals surface area contributed by atoms with Crippen molar-refractivity contribution in [1.29, 1.82) is 0 Å². The Balaban J connectivity index is 2.42. The molecule has 0 amide bonds. The van der Waals surface area contributed by atoms with E-state index in [0.29, 0.717) is 16.1 Å². The zero-order valence-corrected chi connectivity index (χ0v) is 11.6. The Kier molecular flexibility index (Phi) is 3.78. The number of nitrogens with two attached hydrogens (primary N) is 1. The summed E-state index contributed by atoms with van der Waals surface area (Å²) in [6, 6.07) is -0.257. The Morgan fingerprint density at radius 2 is 2.37 bits per heavy atom. The molecule has 2 heterocycles. The molecule has 1 aliphatic rings. The number of hydrogen-bond acceptors (Lipinski definition) is 5. The van der Waals surface area contributed by atoms with E-state index in [-0.39, 0.29) is 19.0 Å². The Hall–Kier alpha value is -1.21. The summed E-state index contributed by atoms with van der Waals surface area (Å²) in [5.41, 5.74) is 6.74. The molecule has 0 saturated heterocycles. The van der Waals surface area contributed by atoms with Crippen LogP contribution in [0.5, 0.6) is 0 Å². The van der Waals surface area contributed by atoms with Crippen molar-refractivity contribution < 1.29 is 18.3 Å². The average Bonchev–Trinajstić information content (AvgIpc) is 2.69. The van der Waals surface area contributed by atoms with Crippen LogP contribution in [0.2, 0.25) is 0 Å². The molecule has 0 saturated carbocycles. The van der Waals surface area contributed by atoms with E-state index in [1.807, 2.05) is 0 Å². The molecule has 106 valence electrons. The molecule has 1 aromatic rings. The predicted octanol–water partition coefficient (Wildman–Crippen LogP) is 1.88. The van der Waals surface area contributed by atoms with Crippen LogP contribution in [0.25, 0.3) is 0 Å². The molecular formula is C12H16F2N2O2S. The Labute approximate surface area is 114 Å². The third-order valence-electron chi connectivity index (χ3n) is 2.90. The maximum Gasteiger partial charge on any atom is 0.350 e. The fourth-order valence-corrected chi connectivity index (χ4v) is 3.30. The first kappa shape index (κ1) is 14.2. The lowest BCUT2D eigenvalue weighted by molar-refractivity contribution is 0.00520. The molecule has 2 N–H and O–H groups in total. The Morgan fingerprint density at radius 3 is 2.95 bits per heavy atom. The number of thiophene rings is 1. The molecule has 2 rings (SSSR count). The molecule has 0 aromatic carbocycles. The molecule has 0 bridgehead atoms. The van der Waals surface area contributed by atoms with Gasteiger partial charge in [0.05, 0.1) is 19.3 Å². The minimum absolute atomic E-state index is 0.257. The van der Waals surface area contributed by atoms with Gasteiger partial charge in [0, 0.05) is 19.0 Å². The largest absolute Gasteiger partial charge is 0.465 e. The standard InChI is InChI=1S/C12H16F2N2O2S/c1-7(15)4-16-6-12(13,14)3-8-5-19-10(9(8)16)11(17)18-2/h5,7H,3-4,6,15H2,1-2H3/t7-/m0/s1. The maximum atomic E-state index is 13.7. The lowest BCUT2D eigenvalue weighted by atomic mass is 10.0. The number of halogens is 2. The Morgan fingerprint density at radius 1 is 1.68 bits per heavy atom. The number of carbonyl (C=O) groups excluding carboxylic acids is 1. The molecule has 0 fully saturated rings. The van der Waals surface area contributed by atoms with E-state index >= 15 is 0 Å². The van der Waals surface area contributed by atoms with Crippen LogP contribution in [-0.4, -0.2) is 38.1 Å².